The van der Waals surface area contributed by atoms with Crippen molar-refractivity contribution >= 4 is 28.9 Å². The van der Waals surface area contributed by atoms with E-state index in [-0.39, 0.29) is 0 Å². The minimum Gasteiger partial charge on any atom is -0.493 e. The molecule has 8 heteroatoms. The van der Waals surface area contributed by atoms with Crippen LogP contribution in [0.1, 0.15) is 11.3 Å². The number of anilines is 1. The van der Waals surface area contributed by atoms with Gasteiger partial charge < -0.3 is 20.2 Å². The molecule has 0 aliphatic rings. The molecule has 28 heavy (non-hydrogen) atoms. The number of hydrogen-bond donors (Lipinski definition) is 2. The molecule has 0 aliphatic carbocycles. The number of nitrogen functional groups attached to an aromatic ring is 1. The van der Waals surface area contributed by atoms with E-state index in [1.54, 1.807) is 26.4 Å². The molecule has 4 aromatic rings. The van der Waals surface area contributed by atoms with E-state index in [2.05, 4.69) is 25.4 Å². The number of H-pyrrole nitrogens is 1. The van der Waals surface area contributed by atoms with Gasteiger partial charge in [-0.15, -0.1) is 10.2 Å². The molecular weight excluding hydrogens is 356 g/mol. The zero-order valence-electron chi connectivity index (χ0n) is 15.4. The van der Waals surface area contributed by atoms with Crippen molar-refractivity contribution in [2.24, 2.45) is 0 Å². The molecule has 0 saturated heterocycles. The first-order valence-corrected chi connectivity index (χ1v) is 8.54. The molecule has 0 bridgehead atoms. The third-order valence-corrected chi connectivity index (χ3v) is 4.28. The molecule has 2 aromatic heterocycles. The second-order valence-electron chi connectivity index (χ2n) is 5.96. The van der Waals surface area contributed by atoms with Crippen molar-refractivity contribution in [1.82, 2.24) is 25.4 Å². The zero-order valence-corrected chi connectivity index (χ0v) is 15.4. The zero-order chi connectivity index (χ0) is 19.5. The number of aromatic nitrogens is 5. The lowest BCUT2D eigenvalue weighted by atomic mass is 10.2. The van der Waals surface area contributed by atoms with Gasteiger partial charge in [0.25, 0.3) is 0 Å². The molecule has 0 atom stereocenters. The number of fused-ring (bicyclic) bond motifs is 1. The fourth-order valence-corrected chi connectivity index (χ4v) is 2.88. The number of ether oxygens (including phenoxy) is 2. The van der Waals surface area contributed by atoms with Gasteiger partial charge in [-0.2, -0.15) is 0 Å². The monoisotopic (exact) mass is 374 g/mol. The van der Waals surface area contributed by atoms with Crippen molar-refractivity contribution < 1.29 is 9.47 Å². The third kappa shape index (κ3) is 3.11. The minimum atomic E-state index is 0.382. The Bertz CT molecular complexity index is 1150. The van der Waals surface area contributed by atoms with Gasteiger partial charge in [-0.05, 0) is 29.0 Å². The van der Waals surface area contributed by atoms with Crippen LogP contribution >= 0.6 is 0 Å². The maximum absolute atomic E-state index is 6.30. The lowest BCUT2D eigenvalue weighted by Crippen LogP contribution is -2.03. The van der Waals surface area contributed by atoms with Gasteiger partial charge in [0.2, 0.25) is 0 Å². The van der Waals surface area contributed by atoms with Crippen LogP contribution in [0.15, 0.2) is 42.5 Å². The average molecular weight is 374 g/mol. The molecular formula is C20H18N6O2. The van der Waals surface area contributed by atoms with Crippen LogP contribution in [0.25, 0.3) is 34.7 Å². The summed E-state index contributed by atoms with van der Waals surface area (Å²) in [5.41, 5.74) is 10.0. The second-order valence-corrected chi connectivity index (χ2v) is 5.96. The van der Waals surface area contributed by atoms with Crippen molar-refractivity contribution in [2.75, 3.05) is 20.0 Å². The summed E-state index contributed by atoms with van der Waals surface area (Å²) in [6, 6.07) is 13.5. The van der Waals surface area contributed by atoms with Crippen LogP contribution in [0.3, 0.4) is 0 Å². The highest BCUT2D eigenvalue weighted by Gasteiger charge is 2.18. The van der Waals surface area contributed by atoms with E-state index >= 15 is 0 Å². The van der Waals surface area contributed by atoms with Crippen LogP contribution in [-0.4, -0.2) is 39.6 Å². The number of nitrogens with zero attached hydrogens (tertiary/aromatic N) is 4. The van der Waals surface area contributed by atoms with E-state index in [0.29, 0.717) is 39.9 Å². The van der Waals surface area contributed by atoms with Gasteiger partial charge in [0, 0.05) is 0 Å². The number of imidazole rings is 1. The summed E-state index contributed by atoms with van der Waals surface area (Å²) in [6.45, 7) is 0. The smallest absolute Gasteiger partial charge is 0.188 e. The van der Waals surface area contributed by atoms with Crippen LogP contribution in [0.4, 0.5) is 5.69 Å². The summed E-state index contributed by atoms with van der Waals surface area (Å²) in [5.74, 6) is 1.60. The molecule has 140 valence electrons. The van der Waals surface area contributed by atoms with Crippen LogP contribution in [0.2, 0.25) is 0 Å². The van der Waals surface area contributed by atoms with E-state index in [1.165, 1.54) is 0 Å². The molecule has 0 radical (unpaired) electrons. The molecule has 4 rings (SSSR count). The Hall–Kier alpha value is -3.94. The Labute approximate surface area is 161 Å². The summed E-state index contributed by atoms with van der Waals surface area (Å²) in [6.07, 6.45) is 3.71. The molecule has 0 saturated carbocycles. The molecule has 0 spiro atoms. The van der Waals surface area contributed by atoms with Gasteiger partial charge in [0.05, 0.1) is 25.4 Å². The Kier molecular flexibility index (Phi) is 4.59. The summed E-state index contributed by atoms with van der Waals surface area (Å²) in [5, 5.41) is 11.9. The quantitative estimate of drug-likeness (QED) is 0.552. The summed E-state index contributed by atoms with van der Waals surface area (Å²) in [4.78, 5) is 7.79. The highest BCUT2D eigenvalue weighted by molar-refractivity contribution is 5.89. The van der Waals surface area contributed by atoms with Crippen LogP contribution < -0.4 is 15.2 Å². The van der Waals surface area contributed by atoms with Crippen LogP contribution in [0, 0.1) is 0 Å². The van der Waals surface area contributed by atoms with E-state index in [9.17, 15) is 0 Å². The number of methoxy groups -OCH3 is 2. The third-order valence-electron chi connectivity index (χ3n) is 4.28. The maximum atomic E-state index is 6.30. The average Bonchev–Trinajstić information content (AvgIpc) is 3.17. The van der Waals surface area contributed by atoms with Crippen molar-refractivity contribution in [2.45, 2.75) is 0 Å². The lowest BCUT2D eigenvalue weighted by Gasteiger charge is -2.06. The number of benzene rings is 2. The SMILES string of the molecule is COc1ccc2[nH]c(-c3nnnc(C=Cc4ccccc4)c3N)nc2c1OC. The van der Waals surface area contributed by atoms with E-state index in [0.717, 1.165) is 11.1 Å². The number of aromatic amines is 1. The van der Waals surface area contributed by atoms with Crippen molar-refractivity contribution in [3.05, 3.63) is 53.7 Å². The maximum Gasteiger partial charge on any atom is 0.188 e. The predicted octanol–water partition coefficient (Wildman–Crippen LogP) is 3.18. The van der Waals surface area contributed by atoms with Gasteiger partial charge in [0.15, 0.2) is 23.0 Å². The standard InChI is InChI=1S/C20H18N6O2/c1-27-15-11-10-14-17(19(15)28-2)23-20(22-14)18-16(21)13(24-26-25-18)9-8-12-6-4-3-5-7-12/h3-11H,1-2H3,(H2,21,26)(H,22,23). The fourth-order valence-electron chi connectivity index (χ4n) is 2.88. The first-order valence-electron chi connectivity index (χ1n) is 8.54. The molecule has 8 nitrogen and oxygen atoms in total. The number of nitrogens with one attached hydrogen (secondary N) is 1. The van der Waals surface area contributed by atoms with Gasteiger partial charge in [-0.3, -0.25) is 0 Å². The van der Waals surface area contributed by atoms with Gasteiger partial charge in [0.1, 0.15) is 11.2 Å². The molecule has 2 heterocycles. The molecule has 2 aromatic carbocycles. The molecule has 0 aliphatic heterocycles. The second kappa shape index (κ2) is 7.36. The summed E-state index contributed by atoms with van der Waals surface area (Å²) >= 11 is 0. The Morgan fingerprint density at radius 2 is 1.79 bits per heavy atom. The first kappa shape index (κ1) is 17.5. The highest BCUT2D eigenvalue weighted by atomic mass is 16.5. The minimum absolute atomic E-state index is 0.382. The summed E-state index contributed by atoms with van der Waals surface area (Å²) < 4.78 is 10.8. The van der Waals surface area contributed by atoms with E-state index in [4.69, 9.17) is 15.2 Å². The Morgan fingerprint density at radius 1 is 0.964 bits per heavy atom. The van der Waals surface area contributed by atoms with Crippen LogP contribution in [0.5, 0.6) is 11.5 Å². The summed E-state index contributed by atoms with van der Waals surface area (Å²) in [7, 11) is 3.15. The first-order chi connectivity index (χ1) is 13.7. The topological polar surface area (TPSA) is 112 Å². The van der Waals surface area contributed by atoms with Crippen molar-refractivity contribution in [3.8, 4) is 23.0 Å². The molecule has 3 N–H and O–H groups in total. The Morgan fingerprint density at radius 3 is 2.54 bits per heavy atom. The number of rotatable bonds is 5. The normalized spacial score (nSPS) is 11.2. The largest absolute Gasteiger partial charge is 0.493 e. The Balaban J connectivity index is 1.77. The molecule has 0 fully saturated rings. The number of hydrogen-bond acceptors (Lipinski definition) is 7. The lowest BCUT2D eigenvalue weighted by molar-refractivity contribution is 0.358. The van der Waals surface area contributed by atoms with Crippen molar-refractivity contribution in [3.63, 3.8) is 0 Å². The molecule has 0 unspecified atom stereocenters. The number of nitrogens with two attached hydrogens (primary N) is 1. The van der Waals surface area contributed by atoms with Gasteiger partial charge in [-0.1, -0.05) is 36.4 Å². The van der Waals surface area contributed by atoms with E-state index in [1.807, 2.05) is 42.5 Å². The predicted molar refractivity (Wildman–Crippen MR) is 108 cm³/mol. The van der Waals surface area contributed by atoms with Gasteiger partial charge in [-0.25, -0.2) is 4.98 Å². The van der Waals surface area contributed by atoms with Crippen molar-refractivity contribution in [1.29, 1.82) is 0 Å². The fraction of sp³-hybridized carbons (Fsp3) is 0.100. The molecule has 0 amide bonds. The van der Waals surface area contributed by atoms with E-state index < -0.39 is 0 Å². The van der Waals surface area contributed by atoms with Gasteiger partial charge >= 0.3 is 0 Å². The highest BCUT2D eigenvalue weighted by Crippen LogP contribution is 2.36. The van der Waals surface area contributed by atoms with Crippen LogP contribution in [-0.2, 0) is 0 Å².